The number of nitrogens with two attached hydrogens (primary N) is 1. The largest absolute Gasteiger partial charge is 0.392 e. The van der Waals surface area contributed by atoms with E-state index in [-0.39, 0.29) is 18.4 Å². The highest BCUT2D eigenvalue weighted by Crippen LogP contribution is 2.46. The average molecular weight is 306 g/mol. The molecule has 0 bridgehead atoms. The van der Waals surface area contributed by atoms with Gasteiger partial charge in [0.15, 0.2) is 0 Å². The van der Waals surface area contributed by atoms with Crippen molar-refractivity contribution >= 4 is 0 Å². The Kier molecular flexibility index (Phi) is 5.95. The van der Waals surface area contributed by atoms with Crippen LogP contribution >= 0.6 is 0 Å². The number of hydrogen-bond acceptors (Lipinski definition) is 2. The number of rotatable bonds is 4. The van der Waals surface area contributed by atoms with Gasteiger partial charge >= 0.3 is 6.18 Å². The first-order chi connectivity index (χ1) is 9.99. The van der Waals surface area contributed by atoms with E-state index >= 15 is 0 Å². The molecular formula is C16H29F3N2. The van der Waals surface area contributed by atoms with E-state index in [4.69, 9.17) is 5.84 Å². The van der Waals surface area contributed by atoms with E-state index in [1.165, 1.54) is 6.42 Å². The monoisotopic (exact) mass is 306 g/mol. The summed E-state index contributed by atoms with van der Waals surface area (Å²) in [5, 5.41) is 0. The van der Waals surface area contributed by atoms with Gasteiger partial charge in [-0.05, 0) is 37.0 Å². The minimum absolute atomic E-state index is 0.179. The van der Waals surface area contributed by atoms with Crippen molar-refractivity contribution in [3.63, 3.8) is 0 Å². The molecule has 0 aromatic carbocycles. The summed E-state index contributed by atoms with van der Waals surface area (Å²) in [4.78, 5) is 0. The molecule has 5 heteroatoms. The fourth-order valence-electron chi connectivity index (χ4n) is 4.78. The van der Waals surface area contributed by atoms with Crippen LogP contribution in [-0.4, -0.2) is 12.2 Å². The highest BCUT2D eigenvalue weighted by molar-refractivity contribution is 4.93. The predicted octanol–water partition coefficient (Wildman–Crippen LogP) is 4.40. The normalized spacial score (nSPS) is 36.4. The van der Waals surface area contributed by atoms with E-state index in [9.17, 15) is 13.2 Å². The van der Waals surface area contributed by atoms with Gasteiger partial charge in [-0.2, -0.15) is 13.2 Å². The van der Waals surface area contributed by atoms with E-state index in [2.05, 4.69) is 12.3 Å². The van der Waals surface area contributed by atoms with E-state index < -0.39 is 12.1 Å². The summed E-state index contributed by atoms with van der Waals surface area (Å²) < 4.78 is 40.1. The van der Waals surface area contributed by atoms with E-state index in [0.29, 0.717) is 24.7 Å². The Morgan fingerprint density at radius 3 is 2.14 bits per heavy atom. The van der Waals surface area contributed by atoms with Crippen LogP contribution in [0.25, 0.3) is 0 Å². The van der Waals surface area contributed by atoms with Crippen LogP contribution in [0.15, 0.2) is 0 Å². The number of alkyl halides is 3. The van der Waals surface area contributed by atoms with Gasteiger partial charge in [-0.25, -0.2) is 0 Å². The van der Waals surface area contributed by atoms with Gasteiger partial charge < -0.3 is 0 Å². The summed E-state index contributed by atoms with van der Waals surface area (Å²) in [6, 6.07) is -0.179. The Morgan fingerprint density at radius 1 is 1.00 bits per heavy atom. The van der Waals surface area contributed by atoms with Crippen LogP contribution in [0.2, 0.25) is 0 Å². The van der Waals surface area contributed by atoms with Crippen LogP contribution < -0.4 is 11.3 Å². The van der Waals surface area contributed by atoms with Gasteiger partial charge in [-0.1, -0.05) is 45.4 Å². The third kappa shape index (κ3) is 3.92. The van der Waals surface area contributed by atoms with Crippen LogP contribution in [0.5, 0.6) is 0 Å². The van der Waals surface area contributed by atoms with Crippen LogP contribution in [-0.2, 0) is 0 Å². The van der Waals surface area contributed by atoms with Crippen LogP contribution in [0.3, 0.4) is 0 Å². The van der Waals surface area contributed by atoms with Crippen molar-refractivity contribution in [2.24, 2.45) is 29.5 Å². The molecule has 0 saturated heterocycles. The van der Waals surface area contributed by atoms with Gasteiger partial charge in [-0.3, -0.25) is 11.3 Å². The summed E-state index contributed by atoms with van der Waals surface area (Å²) in [6.07, 6.45) is 3.99. The third-order valence-electron chi connectivity index (χ3n) is 5.85. The maximum Gasteiger partial charge on any atom is 0.392 e. The van der Waals surface area contributed by atoms with Crippen molar-refractivity contribution in [2.45, 2.75) is 76.9 Å². The second-order valence-electron chi connectivity index (χ2n) is 6.91. The van der Waals surface area contributed by atoms with Gasteiger partial charge in [0.05, 0.1) is 5.92 Å². The molecular weight excluding hydrogens is 277 g/mol. The molecule has 2 nitrogen and oxygen atoms in total. The summed E-state index contributed by atoms with van der Waals surface area (Å²) in [6.45, 7) is 2.15. The van der Waals surface area contributed by atoms with Crippen molar-refractivity contribution in [1.82, 2.24) is 5.43 Å². The molecule has 2 aliphatic rings. The Balaban J connectivity index is 2.17. The molecule has 2 fully saturated rings. The van der Waals surface area contributed by atoms with Crippen molar-refractivity contribution in [2.75, 3.05) is 0 Å². The minimum atomic E-state index is -4.09. The van der Waals surface area contributed by atoms with E-state index in [0.717, 1.165) is 32.1 Å². The predicted molar refractivity (Wildman–Crippen MR) is 78.4 cm³/mol. The topological polar surface area (TPSA) is 38.0 Å². The molecule has 0 aliphatic heterocycles. The molecule has 2 rings (SSSR count). The Hall–Kier alpha value is -0.290. The second kappa shape index (κ2) is 7.32. The number of halogens is 3. The molecule has 3 N–H and O–H groups in total. The zero-order valence-corrected chi connectivity index (χ0v) is 13.0. The lowest BCUT2D eigenvalue weighted by molar-refractivity contribution is -0.201. The fraction of sp³-hybridized carbons (Fsp3) is 1.00. The lowest BCUT2D eigenvalue weighted by Gasteiger charge is -2.44. The molecule has 5 atom stereocenters. The van der Waals surface area contributed by atoms with Crippen LogP contribution in [0.1, 0.15) is 64.7 Å². The molecule has 2 saturated carbocycles. The first-order valence-corrected chi connectivity index (χ1v) is 8.51. The summed E-state index contributed by atoms with van der Waals surface area (Å²) in [7, 11) is 0. The molecule has 21 heavy (non-hydrogen) atoms. The fourth-order valence-corrected chi connectivity index (χ4v) is 4.78. The summed E-state index contributed by atoms with van der Waals surface area (Å²) in [5.74, 6) is 5.05. The molecule has 0 spiro atoms. The third-order valence-corrected chi connectivity index (χ3v) is 5.85. The second-order valence-corrected chi connectivity index (χ2v) is 6.91. The maximum absolute atomic E-state index is 13.4. The highest BCUT2D eigenvalue weighted by Gasteiger charge is 2.49. The highest BCUT2D eigenvalue weighted by atomic mass is 19.4. The van der Waals surface area contributed by atoms with Gasteiger partial charge in [0.1, 0.15) is 0 Å². The standard InChI is InChI=1S/C16H29F3N2/c1-2-11-7-3-4-8-12(11)15(21-20)13-9-5-6-10-14(13)16(17,18)19/h11-15,21H,2-10,20H2,1H3. The lowest BCUT2D eigenvalue weighted by atomic mass is 9.65. The maximum atomic E-state index is 13.4. The molecule has 0 aromatic heterocycles. The smallest absolute Gasteiger partial charge is 0.271 e. The average Bonchev–Trinajstić information content (AvgIpc) is 2.48. The summed E-state index contributed by atoms with van der Waals surface area (Å²) >= 11 is 0. The Morgan fingerprint density at radius 2 is 1.57 bits per heavy atom. The Bertz CT molecular complexity index is 319. The molecule has 2 aliphatic carbocycles. The van der Waals surface area contributed by atoms with Crippen LogP contribution in [0, 0.1) is 23.7 Å². The summed E-state index contributed by atoms with van der Waals surface area (Å²) in [5.41, 5.74) is 2.81. The first-order valence-electron chi connectivity index (χ1n) is 8.51. The van der Waals surface area contributed by atoms with Crippen molar-refractivity contribution in [3.8, 4) is 0 Å². The minimum Gasteiger partial charge on any atom is -0.271 e. The molecule has 0 aromatic rings. The van der Waals surface area contributed by atoms with Crippen molar-refractivity contribution < 1.29 is 13.2 Å². The molecule has 5 unspecified atom stereocenters. The lowest BCUT2D eigenvalue weighted by Crippen LogP contribution is -2.53. The number of hydrazine groups is 1. The SMILES string of the molecule is CCC1CCCCC1C(NN)C1CCCCC1C(F)(F)F. The van der Waals surface area contributed by atoms with Gasteiger partial charge in [0, 0.05) is 6.04 Å². The van der Waals surface area contributed by atoms with Crippen LogP contribution in [0.4, 0.5) is 13.2 Å². The quantitative estimate of drug-likeness (QED) is 0.596. The Labute approximate surface area is 126 Å². The van der Waals surface area contributed by atoms with Crippen molar-refractivity contribution in [3.05, 3.63) is 0 Å². The molecule has 0 radical (unpaired) electrons. The molecule has 0 amide bonds. The van der Waals surface area contributed by atoms with Gasteiger partial charge in [0.25, 0.3) is 0 Å². The van der Waals surface area contributed by atoms with Gasteiger partial charge in [-0.15, -0.1) is 0 Å². The number of hydrogen-bond donors (Lipinski definition) is 2. The van der Waals surface area contributed by atoms with E-state index in [1.54, 1.807) is 0 Å². The molecule has 0 heterocycles. The zero-order chi connectivity index (χ0) is 15.5. The van der Waals surface area contributed by atoms with Gasteiger partial charge in [0.2, 0.25) is 0 Å². The molecule has 124 valence electrons. The zero-order valence-electron chi connectivity index (χ0n) is 13.0. The van der Waals surface area contributed by atoms with Crippen molar-refractivity contribution in [1.29, 1.82) is 0 Å². The number of nitrogens with one attached hydrogen (secondary N) is 1. The van der Waals surface area contributed by atoms with E-state index in [1.807, 2.05) is 0 Å². The first kappa shape index (κ1) is 17.1.